The molecule has 0 saturated heterocycles. The van der Waals surface area contributed by atoms with E-state index in [1.807, 2.05) is 26.8 Å². The van der Waals surface area contributed by atoms with Crippen LogP contribution in [0.3, 0.4) is 0 Å². The average Bonchev–Trinajstić information content (AvgIpc) is 2.38. The van der Waals surface area contributed by atoms with Crippen molar-refractivity contribution in [2.45, 2.75) is 26.2 Å². The molecule has 0 unspecified atom stereocenters. The van der Waals surface area contributed by atoms with Crippen molar-refractivity contribution in [1.82, 2.24) is 10.6 Å². The Labute approximate surface area is 113 Å². The summed E-state index contributed by atoms with van der Waals surface area (Å²) in [5, 5.41) is 5.21. The Morgan fingerprint density at radius 3 is 2.63 bits per heavy atom. The lowest BCUT2D eigenvalue weighted by atomic mass is 9.84. The largest absolute Gasteiger partial charge is 0.491 e. The van der Waals surface area contributed by atoms with Gasteiger partial charge in [0.15, 0.2) is 11.6 Å². The van der Waals surface area contributed by atoms with Crippen LogP contribution >= 0.6 is 0 Å². The van der Waals surface area contributed by atoms with E-state index in [4.69, 9.17) is 4.74 Å². The molecule has 106 valence electrons. The van der Waals surface area contributed by atoms with E-state index in [0.717, 1.165) is 5.56 Å². The summed E-state index contributed by atoms with van der Waals surface area (Å²) < 4.78 is 19.0. The minimum absolute atomic E-state index is 0.250. The molecule has 0 heterocycles. The molecule has 1 aromatic rings. The van der Waals surface area contributed by atoms with Crippen LogP contribution in [0.15, 0.2) is 18.2 Å². The van der Waals surface area contributed by atoms with Gasteiger partial charge >= 0.3 is 6.03 Å². The second-order valence-corrected chi connectivity index (χ2v) is 4.89. The molecule has 0 fully saturated rings. The summed E-state index contributed by atoms with van der Waals surface area (Å²) in [5.74, 6) is -0.131. The number of nitrogens with one attached hydrogen (secondary N) is 2. The van der Waals surface area contributed by atoms with Crippen LogP contribution < -0.4 is 15.4 Å². The highest BCUT2D eigenvalue weighted by Gasteiger charge is 2.22. The van der Waals surface area contributed by atoms with Gasteiger partial charge in [-0.1, -0.05) is 19.9 Å². The van der Waals surface area contributed by atoms with Gasteiger partial charge in [0.2, 0.25) is 0 Å². The van der Waals surface area contributed by atoms with E-state index >= 15 is 0 Å². The van der Waals surface area contributed by atoms with Crippen molar-refractivity contribution >= 4 is 6.03 Å². The Kier molecular flexibility index (Phi) is 5.15. The molecule has 0 bridgehead atoms. The zero-order chi connectivity index (χ0) is 14.5. The first-order chi connectivity index (χ1) is 8.90. The van der Waals surface area contributed by atoms with Crippen molar-refractivity contribution in [3.05, 3.63) is 29.6 Å². The molecule has 2 amide bonds. The number of urea groups is 1. The molecule has 0 spiro atoms. The minimum atomic E-state index is -0.382. The van der Waals surface area contributed by atoms with E-state index in [-0.39, 0.29) is 23.0 Å². The maximum absolute atomic E-state index is 13.8. The van der Waals surface area contributed by atoms with Crippen LogP contribution in [0.2, 0.25) is 0 Å². The summed E-state index contributed by atoms with van der Waals surface area (Å²) in [6.07, 6.45) is 0. The summed E-state index contributed by atoms with van der Waals surface area (Å²) in [5.41, 5.74) is 0.447. The highest BCUT2D eigenvalue weighted by molar-refractivity contribution is 5.73. The lowest BCUT2D eigenvalue weighted by molar-refractivity contribution is 0.240. The first-order valence-electron chi connectivity index (χ1n) is 6.29. The normalized spacial score (nSPS) is 11.0. The van der Waals surface area contributed by atoms with Crippen LogP contribution in [0.1, 0.15) is 26.3 Å². The highest BCUT2D eigenvalue weighted by atomic mass is 19.1. The van der Waals surface area contributed by atoms with E-state index in [2.05, 4.69) is 10.6 Å². The first-order valence-corrected chi connectivity index (χ1v) is 6.29. The lowest BCUT2D eigenvalue weighted by Gasteiger charge is -2.26. The van der Waals surface area contributed by atoms with E-state index < -0.39 is 0 Å². The van der Waals surface area contributed by atoms with Crippen LogP contribution in [-0.2, 0) is 5.41 Å². The van der Waals surface area contributed by atoms with Crippen molar-refractivity contribution in [2.75, 3.05) is 20.2 Å². The quantitative estimate of drug-likeness (QED) is 0.861. The van der Waals surface area contributed by atoms with Gasteiger partial charge in [-0.15, -0.1) is 0 Å². The SMILES string of the molecule is CCOc1ccc(C(C)(C)CNC(=O)NC)cc1F. The average molecular weight is 268 g/mol. The van der Waals surface area contributed by atoms with Crippen molar-refractivity contribution in [3.8, 4) is 5.75 Å². The molecule has 2 N–H and O–H groups in total. The number of hydrogen-bond acceptors (Lipinski definition) is 2. The van der Waals surface area contributed by atoms with E-state index in [0.29, 0.717) is 13.2 Å². The molecule has 19 heavy (non-hydrogen) atoms. The molecule has 0 atom stereocenters. The maximum atomic E-state index is 13.8. The summed E-state index contributed by atoms with van der Waals surface area (Å²) in [6, 6.07) is 4.64. The van der Waals surface area contributed by atoms with Crippen LogP contribution in [0, 0.1) is 5.82 Å². The van der Waals surface area contributed by atoms with Gasteiger partial charge in [-0.3, -0.25) is 0 Å². The molecule has 0 aromatic heterocycles. The third-order valence-electron chi connectivity index (χ3n) is 2.93. The minimum Gasteiger partial charge on any atom is -0.491 e. The van der Waals surface area contributed by atoms with Crippen LogP contribution in [-0.4, -0.2) is 26.2 Å². The van der Waals surface area contributed by atoms with Gasteiger partial charge in [-0.2, -0.15) is 0 Å². The second kappa shape index (κ2) is 6.41. The highest BCUT2D eigenvalue weighted by Crippen LogP contribution is 2.27. The van der Waals surface area contributed by atoms with Crippen LogP contribution in [0.5, 0.6) is 5.75 Å². The summed E-state index contributed by atoms with van der Waals surface area (Å²) in [7, 11) is 1.55. The number of ether oxygens (including phenoxy) is 1. The molecule has 5 heteroatoms. The number of rotatable bonds is 5. The molecule has 0 aliphatic rings. The maximum Gasteiger partial charge on any atom is 0.314 e. The molecule has 1 rings (SSSR count). The predicted octanol–water partition coefficient (Wildman–Crippen LogP) is 2.43. The van der Waals surface area contributed by atoms with E-state index in [1.54, 1.807) is 13.1 Å². The van der Waals surface area contributed by atoms with Gasteiger partial charge in [-0.05, 0) is 24.6 Å². The van der Waals surface area contributed by atoms with Crippen molar-refractivity contribution in [2.24, 2.45) is 0 Å². The standard InChI is InChI=1S/C14H21FN2O2/c1-5-19-12-7-6-10(8-11(12)15)14(2,3)9-17-13(18)16-4/h6-8H,5,9H2,1-4H3,(H2,16,17,18). The predicted molar refractivity (Wildman–Crippen MR) is 73.1 cm³/mol. The van der Waals surface area contributed by atoms with Gasteiger partial charge in [0.1, 0.15) is 0 Å². The van der Waals surface area contributed by atoms with Gasteiger partial charge in [0.05, 0.1) is 6.61 Å². The van der Waals surface area contributed by atoms with Gasteiger partial charge in [0, 0.05) is 19.0 Å². The van der Waals surface area contributed by atoms with Gasteiger partial charge in [-0.25, -0.2) is 9.18 Å². The van der Waals surface area contributed by atoms with Crippen molar-refractivity contribution in [3.63, 3.8) is 0 Å². The topological polar surface area (TPSA) is 50.4 Å². The number of carbonyl (C=O) groups is 1. The molecule has 4 nitrogen and oxygen atoms in total. The number of carbonyl (C=O) groups excluding carboxylic acids is 1. The van der Waals surface area contributed by atoms with Crippen molar-refractivity contribution < 1.29 is 13.9 Å². The molecule has 0 saturated carbocycles. The lowest BCUT2D eigenvalue weighted by Crippen LogP contribution is -2.41. The summed E-state index contributed by atoms with van der Waals surface area (Å²) >= 11 is 0. The Hall–Kier alpha value is -1.78. The Morgan fingerprint density at radius 1 is 1.42 bits per heavy atom. The third kappa shape index (κ3) is 4.12. The zero-order valence-corrected chi connectivity index (χ0v) is 11.8. The Morgan fingerprint density at radius 2 is 2.11 bits per heavy atom. The van der Waals surface area contributed by atoms with Crippen molar-refractivity contribution in [1.29, 1.82) is 0 Å². The van der Waals surface area contributed by atoms with Gasteiger partial charge in [0.25, 0.3) is 0 Å². The first kappa shape index (κ1) is 15.3. The second-order valence-electron chi connectivity index (χ2n) is 4.89. The summed E-state index contributed by atoms with van der Waals surface area (Å²) in [4.78, 5) is 11.2. The third-order valence-corrected chi connectivity index (χ3v) is 2.93. The van der Waals surface area contributed by atoms with E-state index in [9.17, 15) is 9.18 Å². The van der Waals surface area contributed by atoms with Crippen LogP contribution in [0.4, 0.5) is 9.18 Å². The number of hydrogen-bond donors (Lipinski definition) is 2. The fourth-order valence-electron chi connectivity index (χ4n) is 1.69. The smallest absolute Gasteiger partial charge is 0.314 e. The fourth-order valence-corrected chi connectivity index (χ4v) is 1.69. The molecular formula is C14H21FN2O2. The van der Waals surface area contributed by atoms with Gasteiger partial charge < -0.3 is 15.4 Å². The molecule has 0 aliphatic carbocycles. The van der Waals surface area contributed by atoms with Crippen LogP contribution in [0.25, 0.3) is 0 Å². The molecule has 1 aromatic carbocycles. The van der Waals surface area contributed by atoms with E-state index in [1.165, 1.54) is 6.07 Å². The monoisotopic (exact) mass is 268 g/mol. The molecule has 0 radical (unpaired) electrons. The number of benzene rings is 1. The molecular weight excluding hydrogens is 247 g/mol. The fraction of sp³-hybridized carbons (Fsp3) is 0.500. The summed E-state index contributed by atoms with van der Waals surface area (Å²) in [6.45, 7) is 6.54. The molecule has 0 aliphatic heterocycles. The Bertz CT molecular complexity index is 447. The Balaban J connectivity index is 2.83. The number of amides is 2. The number of halogens is 1. The zero-order valence-electron chi connectivity index (χ0n) is 11.8.